The minimum Gasteiger partial charge on any atom is -0.491 e. The third-order valence-corrected chi connectivity index (χ3v) is 5.15. The van der Waals surface area contributed by atoms with Crippen LogP contribution in [-0.2, 0) is 4.79 Å². The van der Waals surface area contributed by atoms with Crippen LogP contribution in [0.4, 0.5) is 11.4 Å². The molecule has 2 aromatic carbocycles. The van der Waals surface area contributed by atoms with Gasteiger partial charge in [-0.15, -0.1) is 0 Å². The summed E-state index contributed by atoms with van der Waals surface area (Å²) >= 11 is 11.9. The number of halogens is 2. The third-order valence-electron chi connectivity index (χ3n) is 4.71. The topological polar surface area (TPSA) is 105 Å². The second-order valence-electron chi connectivity index (χ2n) is 7.02. The molecule has 10 heteroatoms. The Morgan fingerprint density at radius 3 is 2.73 bits per heavy atom. The van der Waals surface area contributed by atoms with Gasteiger partial charge in [-0.1, -0.05) is 29.3 Å². The van der Waals surface area contributed by atoms with Gasteiger partial charge in [-0.05, 0) is 43.7 Å². The van der Waals surface area contributed by atoms with Gasteiger partial charge in [0.2, 0.25) is 5.91 Å². The number of hydrogen-bond acceptors (Lipinski definition) is 6. The average molecular weight is 454 g/mol. The lowest BCUT2D eigenvalue weighted by Gasteiger charge is -2.26. The SMILES string of the molecule is O=C(Nc1cc(Cl)cc(Cl)c1)C1CCCN1CC(O)COc1cccc([N+](=O)[O-])c1. The van der Waals surface area contributed by atoms with E-state index in [9.17, 15) is 20.0 Å². The number of amides is 1. The van der Waals surface area contributed by atoms with Crippen molar-refractivity contribution in [2.24, 2.45) is 0 Å². The van der Waals surface area contributed by atoms with Gasteiger partial charge >= 0.3 is 0 Å². The summed E-state index contributed by atoms with van der Waals surface area (Å²) in [5, 5.41) is 24.8. The van der Waals surface area contributed by atoms with Gasteiger partial charge in [-0.3, -0.25) is 19.8 Å². The highest BCUT2D eigenvalue weighted by molar-refractivity contribution is 6.35. The summed E-state index contributed by atoms with van der Waals surface area (Å²) in [6.45, 7) is 0.863. The number of likely N-dealkylation sites (tertiary alicyclic amines) is 1. The van der Waals surface area contributed by atoms with Crippen molar-refractivity contribution in [3.63, 3.8) is 0 Å². The van der Waals surface area contributed by atoms with Crippen LogP contribution in [0.1, 0.15) is 12.8 Å². The second kappa shape index (κ2) is 10.1. The number of non-ortho nitro benzene ring substituents is 1. The first-order chi connectivity index (χ1) is 14.3. The molecule has 1 saturated heterocycles. The van der Waals surface area contributed by atoms with Crippen molar-refractivity contribution in [1.29, 1.82) is 0 Å². The van der Waals surface area contributed by atoms with Crippen LogP contribution < -0.4 is 10.1 Å². The van der Waals surface area contributed by atoms with Gasteiger partial charge in [0, 0.05) is 28.3 Å². The first-order valence-electron chi connectivity index (χ1n) is 9.38. The van der Waals surface area contributed by atoms with Crippen LogP contribution in [0.3, 0.4) is 0 Å². The minimum atomic E-state index is -0.863. The summed E-state index contributed by atoms with van der Waals surface area (Å²) in [5.74, 6) is 0.106. The number of rotatable bonds is 8. The van der Waals surface area contributed by atoms with Crippen molar-refractivity contribution in [3.8, 4) is 5.75 Å². The second-order valence-corrected chi connectivity index (χ2v) is 7.89. The molecule has 1 aliphatic rings. The van der Waals surface area contributed by atoms with Crippen LogP contribution in [-0.4, -0.2) is 52.7 Å². The lowest BCUT2D eigenvalue weighted by Crippen LogP contribution is -2.44. The fourth-order valence-electron chi connectivity index (χ4n) is 3.40. The maximum Gasteiger partial charge on any atom is 0.273 e. The molecule has 0 aliphatic carbocycles. The average Bonchev–Trinajstić information content (AvgIpc) is 3.14. The Morgan fingerprint density at radius 1 is 1.30 bits per heavy atom. The molecule has 1 aliphatic heterocycles. The maximum atomic E-state index is 12.7. The summed E-state index contributed by atoms with van der Waals surface area (Å²) < 4.78 is 5.48. The number of aliphatic hydroxyl groups is 1. The highest BCUT2D eigenvalue weighted by Crippen LogP contribution is 2.25. The van der Waals surface area contributed by atoms with E-state index in [0.29, 0.717) is 34.4 Å². The fourth-order valence-corrected chi connectivity index (χ4v) is 3.92. The third kappa shape index (κ3) is 6.06. The molecule has 1 fully saturated rings. The molecule has 1 amide bonds. The normalized spacial score (nSPS) is 17.5. The van der Waals surface area contributed by atoms with Crippen molar-refractivity contribution in [3.05, 3.63) is 62.6 Å². The van der Waals surface area contributed by atoms with Gasteiger partial charge in [0.1, 0.15) is 18.5 Å². The van der Waals surface area contributed by atoms with Gasteiger partial charge in [-0.2, -0.15) is 0 Å². The summed E-state index contributed by atoms with van der Waals surface area (Å²) in [4.78, 5) is 24.9. The number of anilines is 1. The molecule has 0 bridgehead atoms. The Bertz CT molecular complexity index is 907. The predicted molar refractivity (Wildman–Crippen MR) is 114 cm³/mol. The van der Waals surface area contributed by atoms with E-state index in [1.165, 1.54) is 18.2 Å². The molecule has 0 radical (unpaired) electrons. The van der Waals surface area contributed by atoms with Crippen LogP contribution in [0.2, 0.25) is 10.0 Å². The molecular formula is C20H21Cl2N3O5. The molecule has 2 aromatic rings. The maximum absolute atomic E-state index is 12.7. The van der Waals surface area contributed by atoms with Crippen molar-refractivity contribution < 1.29 is 19.6 Å². The molecule has 2 unspecified atom stereocenters. The van der Waals surface area contributed by atoms with E-state index in [-0.39, 0.29) is 24.7 Å². The Morgan fingerprint density at radius 2 is 2.03 bits per heavy atom. The summed E-state index contributed by atoms with van der Waals surface area (Å²) in [7, 11) is 0. The summed E-state index contributed by atoms with van der Waals surface area (Å²) in [6, 6.07) is 10.2. The molecular weight excluding hydrogens is 433 g/mol. The number of carbonyl (C=O) groups is 1. The highest BCUT2D eigenvalue weighted by atomic mass is 35.5. The Hall–Kier alpha value is -2.39. The number of carbonyl (C=O) groups excluding carboxylic acids is 1. The van der Waals surface area contributed by atoms with E-state index in [1.807, 2.05) is 4.90 Å². The van der Waals surface area contributed by atoms with E-state index in [4.69, 9.17) is 27.9 Å². The smallest absolute Gasteiger partial charge is 0.273 e. The van der Waals surface area contributed by atoms with E-state index >= 15 is 0 Å². The molecule has 8 nitrogen and oxygen atoms in total. The molecule has 2 atom stereocenters. The van der Waals surface area contributed by atoms with Crippen molar-refractivity contribution in [2.45, 2.75) is 25.0 Å². The standard InChI is InChI=1S/C20H21Cl2N3O5/c21-13-7-14(22)9-15(8-13)23-20(27)19-5-2-6-24(19)11-17(26)12-30-18-4-1-3-16(10-18)25(28)29/h1,3-4,7-10,17,19,26H,2,5-6,11-12H2,(H,23,27). The number of hydrogen-bond donors (Lipinski definition) is 2. The van der Waals surface area contributed by atoms with Crippen molar-refractivity contribution in [2.75, 3.05) is 25.0 Å². The molecule has 0 saturated carbocycles. The van der Waals surface area contributed by atoms with Crippen LogP contribution >= 0.6 is 23.2 Å². The van der Waals surface area contributed by atoms with Crippen LogP contribution in [0.25, 0.3) is 0 Å². The monoisotopic (exact) mass is 453 g/mol. The largest absolute Gasteiger partial charge is 0.491 e. The first kappa shape index (κ1) is 22.3. The van der Waals surface area contributed by atoms with E-state index in [0.717, 1.165) is 6.42 Å². The molecule has 0 aromatic heterocycles. The number of nitro benzene ring substituents is 1. The van der Waals surface area contributed by atoms with Gasteiger partial charge in [0.05, 0.1) is 17.0 Å². The number of nitrogens with zero attached hydrogens (tertiary/aromatic N) is 2. The van der Waals surface area contributed by atoms with Gasteiger partial charge in [0.25, 0.3) is 5.69 Å². The lowest BCUT2D eigenvalue weighted by atomic mass is 10.2. The number of benzene rings is 2. The molecule has 2 N–H and O–H groups in total. The zero-order valence-corrected chi connectivity index (χ0v) is 17.5. The first-order valence-corrected chi connectivity index (χ1v) is 10.1. The lowest BCUT2D eigenvalue weighted by molar-refractivity contribution is -0.384. The summed E-state index contributed by atoms with van der Waals surface area (Å²) in [5.41, 5.74) is 0.429. The number of nitrogens with one attached hydrogen (secondary N) is 1. The predicted octanol–water partition coefficient (Wildman–Crippen LogP) is 3.74. The fraction of sp³-hybridized carbons (Fsp3) is 0.350. The summed E-state index contributed by atoms with van der Waals surface area (Å²) in [6.07, 6.45) is 0.629. The molecule has 0 spiro atoms. The number of nitro groups is 1. The van der Waals surface area contributed by atoms with Gasteiger partial charge in [-0.25, -0.2) is 0 Å². The Balaban J connectivity index is 1.54. The molecule has 30 heavy (non-hydrogen) atoms. The van der Waals surface area contributed by atoms with Gasteiger partial charge < -0.3 is 15.2 Å². The zero-order valence-electron chi connectivity index (χ0n) is 16.0. The Labute approximate surface area is 183 Å². The van der Waals surface area contributed by atoms with E-state index in [1.54, 1.807) is 24.3 Å². The highest BCUT2D eigenvalue weighted by Gasteiger charge is 2.32. The van der Waals surface area contributed by atoms with Crippen molar-refractivity contribution in [1.82, 2.24) is 4.90 Å². The number of aliphatic hydroxyl groups excluding tert-OH is 1. The molecule has 160 valence electrons. The van der Waals surface area contributed by atoms with E-state index < -0.39 is 17.1 Å². The zero-order chi connectivity index (χ0) is 21.7. The Kier molecular flexibility index (Phi) is 7.49. The van der Waals surface area contributed by atoms with E-state index in [2.05, 4.69) is 5.32 Å². The van der Waals surface area contributed by atoms with Crippen LogP contribution in [0.5, 0.6) is 5.75 Å². The minimum absolute atomic E-state index is 0.0457. The van der Waals surface area contributed by atoms with Crippen LogP contribution in [0.15, 0.2) is 42.5 Å². The number of ether oxygens (including phenoxy) is 1. The molecule has 1 heterocycles. The van der Waals surface area contributed by atoms with Crippen molar-refractivity contribution >= 4 is 40.5 Å². The van der Waals surface area contributed by atoms with Gasteiger partial charge in [0.15, 0.2) is 0 Å². The quantitative estimate of drug-likeness (QED) is 0.465. The number of β-amino-alcohol motifs (C(OH)–C–C–N with tert-alkyl or cyclic N) is 1. The molecule has 3 rings (SSSR count). The van der Waals surface area contributed by atoms with Crippen LogP contribution in [0, 0.1) is 10.1 Å².